The highest BCUT2D eigenvalue weighted by Gasteiger charge is 2.30. The van der Waals surface area contributed by atoms with E-state index in [0.717, 1.165) is 12.1 Å². The quantitative estimate of drug-likeness (QED) is 0.385. The Morgan fingerprint density at radius 3 is 2.79 bits per heavy atom. The van der Waals surface area contributed by atoms with E-state index in [1.54, 1.807) is 0 Å². The van der Waals surface area contributed by atoms with Crippen LogP contribution >= 0.6 is 0 Å². The van der Waals surface area contributed by atoms with Gasteiger partial charge >= 0.3 is 6.18 Å². The molecule has 1 rings (SSSR count). The van der Waals surface area contributed by atoms with Gasteiger partial charge in [0, 0.05) is 18.0 Å². The summed E-state index contributed by atoms with van der Waals surface area (Å²) in [6, 6.07) is 5.53. The number of nitrogens with one attached hydrogen (secondary N) is 1. The molecular weight excluding hydrogens is 259 g/mol. The Balaban J connectivity index is 2.82. The summed E-state index contributed by atoms with van der Waals surface area (Å²) in [5.41, 5.74) is 7.49. The van der Waals surface area contributed by atoms with Gasteiger partial charge in [-0.2, -0.15) is 18.4 Å². The zero-order chi connectivity index (χ0) is 14.3. The molecule has 0 heterocycles. The van der Waals surface area contributed by atoms with Crippen molar-refractivity contribution in [2.75, 3.05) is 13.1 Å². The number of halogens is 3. The van der Waals surface area contributed by atoms with Gasteiger partial charge in [-0.25, -0.2) is 0 Å². The standard InChI is InChI=1S/C11H10F3N5/c12-11(13,14)9-3-1-2-8(6-9)10(7-15)17-4-5-18-19-16/h1-3,6,10,17H,4-5H2. The van der Waals surface area contributed by atoms with Crippen LogP contribution in [-0.2, 0) is 6.18 Å². The van der Waals surface area contributed by atoms with Crippen LogP contribution < -0.4 is 5.32 Å². The van der Waals surface area contributed by atoms with Gasteiger partial charge in [-0.3, -0.25) is 5.32 Å². The van der Waals surface area contributed by atoms with Crippen LogP contribution in [0.15, 0.2) is 29.4 Å². The van der Waals surface area contributed by atoms with Crippen LogP contribution in [-0.4, -0.2) is 13.1 Å². The van der Waals surface area contributed by atoms with Crippen LogP contribution in [0.25, 0.3) is 10.4 Å². The maximum atomic E-state index is 12.5. The van der Waals surface area contributed by atoms with Crippen molar-refractivity contribution in [2.24, 2.45) is 5.11 Å². The predicted molar refractivity (Wildman–Crippen MR) is 61.8 cm³/mol. The second-order valence-electron chi connectivity index (χ2n) is 3.59. The normalized spacial score (nSPS) is 12.3. The first-order valence-corrected chi connectivity index (χ1v) is 5.30. The molecule has 0 aliphatic heterocycles. The molecule has 0 aliphatic rings. The van der Waals surface area contributed by atoms with E-state index in [2.05, 4.69) is 15.3 Å². The van der Waals surface area contributed by atoms with Crippen molar-refractivity contribution in [3.63, 3.8) is 0 Å². The molecule has 0 fully saturated rings. The Morgan fingerprint density at radius 1 is 1.47 bits per heavy atom. The molecule has 1 N–H and O–H groups in total. The van der Waals surface area contributed by atoms with E-state index >= 15 is 0 Å². The van der Waals surface area contributed by atoms with Crippen molar-refractivity contribution >= 4 is 0 Å². The number of alkyl halides is 3. The molecule has 0 radical (unpaired) electrons. The monoisotopic (exact) mass is 269 g/mol. The van der Waals surface area contributed by atoms with E-state index in [1.165, 1.54) is 12.1 Å². The molecule has 1 unspecified atom stereocenters. The summed E-state index contributed by atoms with van der Waals surface area (Å²) < 4.78 is 37.6. The fourth-order valence-electron chi connectivity index (χ4n) is 1.44. The summed E-state index contributed by atoms with van der Waals surface area (Å²) in [7, 11) is 0. The Morgan fingerprint density at radius 2 is 2.21 bits per heavy atom. The molecule has 0 saturated heterocycles. The first kappa shape index (κ1) is 14.8. The number of rotatable bonds is 5. The molecule has 1 aromatic carbocycles. The lowest BCUT2D eigenvalue weighted by atomic mass is 10.0. The van der Waals surface area contributed by atoms with Gasteiger partial charge in [0.1, 0.15) is 6.04 Å². The zero-order valence-corrected chi connectivity index (χ0v) is 9.72. The lowest BCUT2D eigenvalue weighted by Crippen LogP contribution is -2.23. The second kappa shape index (κ2) is 6.64. The topological polar surface area (TPSA) is 84.6 Å². The smallest absolute Gasteiger partial charge is 0.298 e. The predicted octanol–water partition coefficient (Wildman–Crippen LogP) is 3.17. The van der Waals surface area contributed by atoms with Crippen molar-refractivity contribution in [2.45, 2.75) is 12.2 Å². The van der Waals surface area contributed by atoms with Gasteiger partial charge < -0.3 is 0 Å². The molecule has 0 aliphatic carbocycles. The maximum Gasteiger partial charge on any atom is 0.416 e. The van der Waals surface area contributed by atoms with Crippen LogP contribution in [0.1, 0.15) is 17.2 Å². The number of hydrogen-bond donors (Lipinski definition) is 1. The van der Waals surface area contributed by atoms with E-state index in [0.29, 0.717) is 0 Å². The van der Waals surface area contributed by atoms with E-state index in [4.69, 9.17) is 10.8 Å². The maximum absolute atomic E-state index is 12.5. The van der Waals surface area contributed by atoms with E-state index in [1.807, 2.05) is 6.07 Å². The van der Waals surface area contributed by atoms with Crippen LogP contribution in [0.5, 0.6) is 0 Å². The van der Waals surface area contributed by atoms with Gasteiger partial charge in [0.25, 0.3) is 0 Å². The molecule has 1 aromatic rings. The van der Waals surface area contributed by atoms with Gasteiger partial charge in [0.2, 0.25) is 0 Å². The molecule has 0 spiro atoms. The fraction of sp³-hybridized carbons (Fsp3) is 0.364. The second-order valence-corrected chi connectivity index (χ2v) is 3.59. The third-order valence-electron chi connectivity index (χ3n) is 2.30. The van der Waals surface area contributed by atoms with Crippen molar-refractivity contribution in [1.82, 2.24) is 5.32 Å². The number of azide groups is 1. The largest absolute Gasteiger partial charge is 0.416 e. The van der Waals surface area contributed by atoms with Gasteiger partial charge in [0.05, 0.1) is 11.6 Å². The molecule has 19 heavy (non-hydrogen) atoms. The van der Waals surface area contributed by atoms with Crippen molar-refractivity contribution in [3.05, 3.63) is 45.8 Å². The van der Waals surface area contributed by atoms with Gasteiger partial charge in [-0.05, 0) is 23.2 Å². The molecular formula is C11H10F3N5. The highest BCUT2D eigenvalue weighted by Crippen LogP contribution is 2.30. The number of benzene rings is 1. The molecule has 1 atom stereocenters. The molecule has 5 nitrogen and oxygen atoms in total. The number of hydrogen-bond acceptors (Lipinski definition) is 3. The molecule has 0 aromatic heterocycles. The third kappa shape index (κ3) is 4.50. The highest BCUT2D eigenvalue weighted by atomic mass is 19.4. The average molecular weight is 269 g/mol. The van der Waals surface area contributed by atoms with E-state index < -0.39 is 17.8 Å². The van der Waals surface area contributed by atoms with Crippen LogP contribution in [0.2, 0.25) is 0 Å². The van der Waals surface area contributed by atoms with Crippen molar-refractivity contribution in [1.29, 1.82) is 5.26 Å². The number of nitrogens with zero attached hydrogens (tertiary/aromatic N) is 4. The van der Waals surface area contributed by atoms with Gasteiger partial charge in [-0.1, -0.05) is 17.2 Å². The van der Waals surface area contributed by atoms with Crippen LogP contribution in [0, 0.1) is 11.3 Å². The lowest BCUT2D eigenvalue weighted by Gasteiger charge is -2.13. The first-order valence-electron chi connectivity index (χ1n) is 5.30. The summed E-state index contributed by atoms with van der Waals surface area (Å²) in [6.07, 6.45) is -4.44. The third-order valence-corrected chi connectivity index (χ3v) is 2.30. The summed E-state index contributed by atoms with van der Waals surface area (Å²) in [6.45, 7) is 0.326. The summed E-state index contributed by atoms with van der Waals surface area (Å²) in [5, 5.41) is 14.9. The summed E-state index contributed by atoms with van der Waals surface area (Å²) >= 11 is 0. The zero-order valence-electron chi connectivity index (χ0n) is 9.72. The van der Waals surface area contributed by atoms with Gasteiger partial charge in [0.15, 0.2) is 0 Å². The minimum atomic E-state index is -4.44. The Hall–Kier alpha value is -2.23. The lowest BCUT2D eigenvalue weighted by molar-refractivity contribution is -0.137. The minimum Gasteiger partial charge on any atom is -0.298 e. The van der Waals surface area contributed by atoms with Crippen molar-refractivity contribution < 1.29 is 13.2 Å². The molecule has 100 valence electrons. The summed E-state index contributed by atoms with van der Waals surface area (Å²) in [5.74, 6) is 0. The SMILES string of the molecule is N#CC(NCCN=[N+]=[N-])c1cccc(C(F)(F)F)c1. The first-order chi connectivity index (χ1) is 8.99. The number of nitriles is 1. The fourth-order valence-corrected chi connectivity index (χ4v) is 1.44. The van der Waals surface area contributed by atoms with Crippen LogP contribution in [0.3, 0.4) is 0 Å². The molecule has 0 amide bonds. The highest BCUT2D eigenvalue weighted by molar-refractivity contribution is 5.30. The average Bonchev–Trinajstić information content (AvgIpc) is 2.38. The summed E-state index contributed by atoms with van der Waals surface area (Å²) in [4.78, 5) is 2.53. The molecule has 8 heteroatoms. The van der Waals surface area contributed by atoms with Gasteiger partial charge in [-0.15, -0.1) is 0 Å². The van der Waals surface area contributed by atoms with Crippen molar-refractivity contribution in [3.8, 4) is 6.07 Å². The Kier molecular flexibility index (Phi) is 5.18. The molecule has 0 bridgehead atoms. The Bertz CT molecular complexity index is 514. The van der Waals surface area contributed by atoms with Crippen LogP contribution in [0.4, 0.5) is 13.2 Å². The van der Waals surface area contributed by atoms with E-state index in [-0.39, 0.29) is 18.7 Å². The minimum absolute atomic E-state index is 0.119. The molecule has 0 saturated carbocycles. The Labute approximate surface area is 107 Å². The van der Waals surface area contributed by atoms with E-state index in [9.17, 15) is 13.2 Å².